The third-order valence-electron chi connectivity index (χ3n) is 2.73. The van der Waals surface area contributed by atoms with Gasteiger partial charge in [-0.25, -0.2) is 0 Å². The van der Waals surface area contributed by atoms with Gasteiger partial charge in [-0.15, -0.1) is 0 Å². The summed E-state index contributed by atoms with van der Waals surface area (Å²) in [4.78, 5) is 12.0. The first-order chi connectivity index (χ1) is 8.76. The van der Waals surface area contributed by atoms with Gasteiger partial charge in [0.25, 0.3) is 5.91 Å². The predicted molar refractivity (Wildman–Crippen MR) is 73.1 cm³/mol. The van der Waals surface area contributed by atoms with Crippen LogP contribution in [0.3, 0.4) is 0 Å². The van der Waals surface area contributed by atoms with Gasteiger partial charge in [0.05, 0.1) is 12.2 Å². The lowest BCUT2D eigenvalue weighted by Crippen LogP contribution is -2.23. The van der Waals surface area contributed by atoms with E-state index in [4.69, 9.17) is 4.74 Å². The smallest absolute Gasteiger partial charge is 0.255 e. The second-order valence-corrected chi connectivity index (χ2v) is 3.99. The molecule has 2 aromatic rings. The first-order valence-electron chi connectivity index (χ1n) is 6.20. The maximum atomic E-state index is 12.0. The van der Waals surface area contributed by atoms with Crippen molar-refractivity contribution in [2.45, 2.75) is 13.8 Å². The summed E-state index contributed by atoms with van der Waals surface area (Å²) in [5, 5.41) is 4.93. The zero-order valence-electron chi connectivity index (χ0n) is 10.7. The molecule has 18 heavy (non-hydrogen) atoms. The minimum absolute atomic E-state index is 0.0910. The second kappa shape index (κ2) is 5.54. The molecule has 3 nitrogen and oxygen atoms in total. The highest BCUT2D eigenvalue weighted by Gasteiger charge is 2.12. The molecule has 3 heteroatoms. The van der Waals surface area contributed by atoms with Crippen molar-refractivity contribution in [3.8, 4) is 5.75 Å². The van der Waals surface area contributed by atoms with Crippen LogP contribution in [-0.2, 0) is 0 Å². The van der Waals surface area contributed by atoms with Crippen LogP contribution in [-0.4, -0.2) is 19.1 Å². The highest BCUT2D eigenvalue weighted by atomic mass is 16.5. The number of hydrogen-bond donors (Lipinski definition) is 1. The van der Waals surface area contributed by atoms with E-state index < -0.39 is 0 Å². The molecule has 0 heterocycles. The van der Waals surface area contributed by atoms with E-state index in [1.807, 2.05) is 50.2 Å². The Morgan fingerprint density at radius 2 is 1.83 bits per heavy atom. The molecule has 0 aromatic heterocycles. The summed E-state index contributed by atoms with van der Waals surface area (Å²) in [6.45, 7) is 4.97. The third-order valence-corrected chi connectivity index (χ3v) is 2.73. The largest absolute Gasteiger partial charge is 0.493 e. The normalized spacial score (nSPS) is 10.3. The van der Waals surface area contributed by atoms with Crippen molar-refractivity contribution in [3.05, 3.63) is 42.0 Å². The fraction of sp³-hybridized carbons (Fsp3) is 0.267. The molecule has 0 unspecified atom stereocenters. The van der Waals surface area contributed by atoms with Gasteiger partial charge < -0.3 is 10.1 Å². The number of benzene rings is 2. The average molecular weight is 243 g/mol. The molecule has 0 fully saturated rings. The first-order valence-corrected chi connectivity index (χ1v) is 6.20. The number of carbonyl (C=O) groups excluding carboxylic acids is 1. The summed E-state index contributed by atoms with van der Waals surface area (Å²) in [5.41, 5.74) is 0.595. The topological polar surface area (TPSA) is 38.3 Å². The van der Waals surface area contributed by atoms with Crippen LogP contribution in [0.2, 0.25) is 0 Å². The van der Waals surface area contributed by atoms with E-state index in [0.717, 1.165) is 10.8 Å². The number of carbonyl (C=O) groups is 1. The van der Waals surface area contributed by atoms with Gasteiger partial charge >= 0.3 is 0 Å². The molecule has 0 radical (unpaired) electrons. The van der Waals surface area contributed by atoms with Crippen LogP contribution < -0.4 is 10.1 Å². The molecular formula is C15H17NO2. The van der Waals surface area contributed by atoms with E-state index in [1.165, 1.54) is 0 Å². The molecule has 1 N–H and O–H groups in total. The Kier molecular flexibility index (Phi) is 3.82. The fourth-order valence-corrected chi connectivity index (χ4v) is 1.93. The molecule has 0 aliphatic carbocycles. The van der Waals surface area contributed by atoms with E-state index in [2.05, 4.69) is 5.32 Å². The number of fused-ring (bicyclic) bond motifs is 1. The molecule has 0 saturated carbocycles. The van der Waals surface area contributed by atoms with E-state index in [9.17, 15) is 4.79 Å². The number of hydrogen-bond acceptors (Lipinski definition) is 2. The van der Waals surface area contributed by atoms with Crippen molar-refractivity contribution in [1.82, 2.24) is 5.32 Å². The molecule has 0 atom stereocenters. The Balaban J connectivity index is 2.53. The molecule has 1 amide bonds. The lowest BCUT2D eigenvalue weighted by Gasteiger charge is -2.11. The van der Waals surface area contributed by atoms with Crippen LogP contribution in [0.15, 0.2) is 36.4 Å². The second-order valence-electron chi connectivity index (χ2n) is 3.99. The van der Waals surface area contributed by atoms with Crippen molar-refractivity contribution in [3.63, 3.8) is 0 Å². The minimum atomic E-state index is -0.0910. The standard InChI is InChI=1S/C15H17NO2/c1-3-16-15(17)13-9-11-7-5-6-8-12(11)10-14(13)18-4-2/h5-10H,3-4H2,1-2H3,(H,16,17). The van der Waals surface area contributed by atoms with Gasteiger partial charge in [-0.2, -0.15) is 0 Å². The summed E-state index contributed by atoms with van der Waals surface area (Å²) in [6.07, 6.45) is 0. The predicted octanol–water partition coefficient (Wildman–Crippen LogP) is 2.99. The lowest BCUT2D eigenvalue weighted by molar-refractivity contribution is 0.0952. The average Bonchev–Trinajstić information content (AvgIpc) is 2.38. The van der Waals surface area contributed by atoms with E-state index >= 15 is 0 Å². The summed E-state index contributed by atoms with van der Waals surface area (Å²) in [6, 6.07) is 11.7. The molecule has 2 rings (SSSR count). The number of amides is 1. The van der Waals surface area contributed by atoms with Gasteiger partial charge in [0.1, 0.15) is 5.75 Å². The Labute approximate surface area is 107 Å². The van der Waals surface area contributed by atoms with Crippen molar-refractivity contribution in [2.75, 3.05) is 13.2 Å². The summed E-state index contributed by atoms with van der Waals surface area (Å²) in [7, 11) is 0. The van der Waals surface area contributed by atoms with E-state index in [0.29, 0.717) is 24.5 Å². The van der Waals surface area contributed by atoms with Crippen molar-refractivity contribution >= 4 is 16.7 Å². The van der Waals surface area contributed by atoms with Crippen LogP contribution in [0.1, 0.15) is 24.2 Å². The number of nitrogens with one attached hydrogen (secondary N) is 1. The highest BCUT2D eigenvalue weighted by Crippen LogP contribution is 2.26. The quantitative estimate of drug-likeness (QED) is 0.896. The van der Waals surface area contributed by atoms with Crippen LogP contribution in [0.25, 0.3) is 10.8 Å². The summed E-state index contributed by atoms with van der Waals surface area (Å²) >= 11 is 0. The van der Waals surface area contributed by atoms with Gasteiger partial charge in [-0.1, -0.05) is 24.3 Å². The van der Waals surface area contributed by atoms with Gasteiger partial charge in [-0.05, 0) is 36.8 Å². The number of ether oxygens (including phenoxy) is 1. The summed E-state index contributed by atoms with van der Waals surface area (Å²) in [5.74, 6) is 0.550. The molecule has 0 saturated heterocycles. The Hall–Kier alpha value is -2.03. The Bertz CT molecular complexity index is 563. The van der Waals surface area contributed by atoms with Gasteiger partial charge in [0.15, 0.2) is 0 Å². The third kappa shape index (κ3) is 2.45. The van der Waals surface area contributed by atoms with Crippen molar-refractivity contribution in [1.29, 1.82) is 0 Å². The van der Waals surface area contributed by atoms with E-state index in [-0.39, 0.29) is 5.91 Å². The first kappa shape index (κ1) is 12.4. The van der Waals surface area contributed by atoms with Gasteiger partial charge in [0, 0.05) is 6.54 Å². The van der Waals surface area contributed by atoms with Crippen molar-refractivity contribution in [2.24, 2.45) is 0 Å². The molecule has 0 aliphatic rings. The highest BCUT2D eigenvalue weighted by molar-refractivity contribution is 6.01. The maximum absolute atomic E-state index is 12.0. The fourth-order valence-electron chi connectivity index (χ4n) is 1.93. The molecule has 2 aromatic carbocycles. The molecule has 94 valence electrons. The molecule has 0 bridgehead atoms. The molecule has 0 spiro atoms. The zero-order chi connectivity index (χ0) is 13.0. The minimum Gasteiger partial charge on any atom is -0.493 e. The maximum Gasteiger partial charge on any atom is 0.255 e. The van der Waals surface area contributed by atoms with E-state index in [1.54, 1.807) is 0 Å². The Morgan fingerprint density at radius 1 is 1.17 bits per heavy atom. The monoisotopic (exact) mass is 243 g/mol. The Morgan fingerprint density at radius 3 is 2.44 bits per heavy atom. The van der Waals surface area contributed by atoms with Crippen LogP contribution in [0.5, 0.6) is 5.75 Å². The molecular weight excluding hydrogens is 226 g/mol. The van der Waals surface area contributed by atoms with Crippen molar-refractivity contribution < 1.29 is 9.53 Å². The van der Waals surface area contributed by atoms with Crippen LogP contribution in [0, 0.1) is 0 Å². The molecule has 0 aliphatic heterocycles. The lowest BCUT2D eigenvalue weighted by atomic mass is 10.1. The van der Waals surface area contributed by atoms with Crippen LogP contribution >= 0.6 is 0 Å². The number of rotatable bonds is 4. The van der Waals surface area contributed by atoms with Gasteiger partial charge in [0.2, 0.25) is 0 Å². The van der Waals surface area contributed by atoms with Gasteiger partial charge in [-0.3, -0.25) is 4.79 Å². The SMILES string of the molecule is CCNC(=O)c1cc2ccccc2cc1OCC. The zero-order valence-corrected chi connectivity index (χ0v) is 10.7. The summed E-state index contributed by atoms with van der Waals surface area (Å²) < 4.78 is 5.55. The van der Waals surface area contributed by atoms with Crippen LogP contribution in [0.4, 0.5) is 0 Å².